The minimum absolute atomic E-state index is 0.0496. The van der Waals surface area contributed by atoms with Crippen molar-refractivity contribution >= 4 is 23.3 Å². The molecule has 0 bridgehead atoms. The molecule has 2 aliphatic rings. The van der Waals surface area contributed by atoms with E-state index in [9.17, 15) is 4.79 Å². The second-order valence-corrected chi connectivity index (χ2v) is 6.74. The fraction of sp³-hybridized carbons (Fsp3) is 0.500. The largest absolute Gasteiger partial charge is 0.317 e. The summed E-state index contributed by atoms with van der Waals surface area (Å²) in [5.74, 6) is 0.518. The van der Waals surface area contributed by atoms with Crippen LogP contribution in [0, 0.1) is 0 Å². The average molecular weight is 319 g/mol. The first-order chi connectivity index (χ1) is 10.6. The molecule has 0 spiro atoms. The van der Waals surface area contributed by atoms with Gasteiger partial charge in [0.2, 0.25) is 0 Å². The first kappa shape index (κ1) is 14.0. The number of allylic oxidation sites excluding steroid dienone is 1. The number of aromatic amines is 1. The molecule has 2 aromatic heterocycles. The van der Waals surface area contributed by atoms with Crippen molar-refractivity contribution in [3.05, 3.63) is 39.4 Å². The summed E-state index contributed by atoms with van der Waals surface area (Å²) >= 11 is 6.33. The van der Waals surface area contributed by atoms with Crippen LogP contribution in [0.3, 0.4) is 0 Å². The lowest BCUT2D eigenvalue weighted by Gasteiger charge is -2.23. The maximum absolute atomic E-state index is 12.1. The number of fused-ring (bicyclic) bond motifs is 3. The molecule has 1 fully saturated rings. The van der Waals surface area contributed by atoms with Crippen molar-refractivity contribution in [2.75, 3.05) is 13.1 Å². The van der Waals surface area contributed by atoms with Crippen LogP contribution in [0.15, 0.2) is 16.9 Å². The molecular weight excluding hydrogens is 300 g/mol. The van der Waals surface area contributed by atoms with Gasteiger partial charge in [-0.25, -0.2) is 4.52 Å². The van der Waals surface area contributed by atoms with Crippen molar-refractivity contribution in [1.82, 2.24) is 19.9 Å². The zero-order valence-corrected chi connectivity index (χ0v) is 13.2. The van der Waals surface area contributed by atoms with Gasteiger partial charge >= 0.3 is 0 Å². The maximum atomic E-state index is 12.1. The fourth-order valence-electron chi connectivity index (χ4n) is 3.52. The minimum Gasteiger partial charge on any atom is -0.317 e. The molecule has 116 valence electrons. The molecule has 4 rings (SSSR count). The number of nitrogens with zero attached hydrogens (tertiary/aromatic N) is 2. The molecule has 1 aliphatic heterocycles. The predicted molar refractivity (Wildman–Crippen MR) is 87.7 cm³/mol. The molecule has 3 heterocycles. The molecular formula is C16H19ClN4O. The zero-order chi connectivity index (χ0) is 15.3. The maximum Gasteiger partial charge on any atom is 0.251 e. The van der Waals surface area contributed by atoms with E-state index in [2.05, 4.69) is 17.2 Å². The van der Waals surface area contributed by atoms with Gasteiger partial charge in [0.05, 0.1) is 16.8 Å². The Balaban J connectivity index is 1.94. The summed E-state index contributed by atoms with van der Waals surface area (Å²) < 4.78 is 1.93. The molecule has 0 saturated carbocycles. The van der Waals surface area contributed by atoms with Gasteiger partial charge in [-0.2, -0.15) is 5.10 Å². The van der Waals surface area contributed by atoms with Gasteiger partial charge in [0.1, 0.15) is 5.65 Å². The molecule has 2 N–H and O–H groups in total. The Kier molecular flexibility index (Phi) is 3.35. The van der Waals surface area contributed by atoms with Crippen LogP contribution < -0.4 is 10.9 Å². The number of alkyl halides is 1. The summed E-state index contributed by atoms with van der Waals surface area (Å²) in [5.41, 5.74) is 3.72. The summed E-state index contributed by atoms with van der Waals surface area (Å²) in [7, 11) is 0. The summed E-state index contributed by atoms with van der Waals surface area (Å²) in [6.07, 6.45) is 6.03. The number of hydrogen-bond donors (Lipinski definition) is 2. The number of H-pyrrole nitrogens is 1. The summed E-state index contributed by atoms with van der Waals surface area (Å²) in [5, 5.41) is 8.11. The Bertz CT molecular complexity index is 800. The predicted octanol–water partition coefficient (Wildman–Crippen LogP) is 2.23. The smallest absolute Gasteiger partial charge is 0.251 e. The van der Waals surface area contributed by atoms with Crippen LogP contribution in [-0.2, 0) is 0 Å². The van der Waals surface area contributed by atoms with E-state index >= 15 is 0 Å². The Labute approximate surface area is 133 Å². The second kappa shape index (κ2) is 5.25. The molecule has 1 saturated heterocycles. The van der Waals surface area contributed by atoms with Gasteiger partial charge in [0.15, 0.2) is 0 Å². The van der Waals surface area contributed by atoms with Crippen LogP contribution in [-0.4, -0.2) is 33.1 Å². The van der Waals surface area contributed by atoms with E-state index in [4.69, 9.17) is 16.7 Å². The fourth-order valence-corrected chi connectivity index (χ4v) is 3.71. The summed E-state index contributed by atoms with van der Waals surface area (Å²) in [4.78, 5) is 15.1. The molecule has 0 aromatic carbocycles. The van der Waals surface area contributed by atoms with Gasteiger partial charge in [-0.1, -0.05) is 19.1 Å². The SMILES string of the molecule is CC1c2nn3c(C4CCNCC4)cc(=O)[nH]c3c2C=CC1Cl. The van der Waals surface area contributed by atoms with Crippen molar-refractivity contribution in [2.24, 2.45) is 0 Å². The Morgan fingerprint density at radius 3 is 2.91 bits per heavy atom. The topological polar surface area (TPSA) is 62.2 Å². The van der Waals surface area contributed by atoms with E-state index in [0.29, 0.717) is 5.92 Å². The van der Waals surface area contributed by atoms with Crippen LogP contribution in [0.2, 0.25) is 0 Å². The quantitative estimate of drug-likeness (QED) is 0.793. The standard InChI is InChI=1S/C16H19ClN4O/c1-9-12(17)3-2-11-15(9)20-21-13(8-14(22)19-16(11)21)10-4-6-18-7-5-10/h2-3,8-10,12,18H,4-7H2,1H3,(H,19,22). The number of nitrogens with one attached hydrogen (secondary N) is 2. The number of piperidine rings is 1. The first-order valence-electron chi connectivity index (χ1n) is 7.84. The number of hydrogen-bond acceptors (Lipinski definition) is 3. The van der Waals surface area contributed by atoms with Gasteiger partial charge in [0.25, 0.3) is 5.56 Å². The monoisotopic (exact) mass is 318 g/mol. The van der Waals surface area contributed by atoms with Crippen LogP contribution in [0.4, 0.5) is 0 Å². The van der Waals surface area contributed by atoms with Crippen LogP contribution in [0.5, 0.6) is 0 Å². The Morgan fingerprint density at radius 1 is 1.36 bits per heavy atom. The highest BCUT2D eigenvalue weighted by atomic mass is 35.5. The van der Waals surface area contributed by atoms with Crippen molar-refractivity contribution in [3.8, 4) is 0 Å². The van der Waals surface area contributed by atoms with Gasteiger partial charge in [0, 0.05) is 23.5 Å². The molecule has 1 aliphatic carbocycles. The van der Waals surface area contributed by atoms with Gasteiger partial charge in [-0.05, 0) is 25.9 Å². The van der Waals surface area contributed by atoms with E-state index in [-0.39, 0.29) is 16.9 Å². The second-order valence-electron chi connectivity index (χ2n) is 6.23. The van der Waals surface area contributed by atoms with Crippen LogP contribution >= 0.6 is 11.6 Å². The van der Waals surface area contributed by atoms with Crippen molar-refractivity contribution in [1.29, 1.82) is 0 Å². The molecule has 2 aromatic rings. The highest BCUT2D eigenvalue weighted by Crippen LogP contribution is 2.34. The minimum atomic E-state index is -0.0576. The average Bonchev–Trinajstić information content (AvgIpc) is 2.90. The Hall–Kier alpha value is -1.59. The van der Waals surface area contributed by atoms with Crippen molar-refractivity contribution < 1.29 is 0 Å². The lowest BCUT2D eigenvalue weighted by molar-refractivity contribution is 0.446. The van der Waals surface area contributed by atoms with Gasteiger partial charge < -0.3 is 10.3 Å². The third-order valence-electron chi connectivity index (χ3n) is 4.83. The number of halogens is 1. The molecule has 6 heteroatoms. The van der Waals surface area contributed by atoms with E-state index in [1.54, 1.807) is 6.07 Å². The van der Waals surface area contributed by atoms with Crippen molar-refractivity contribution in [3.63, 3.8) is 0 Å². The first-order valence-corrected chi connectivity index (χ1v) is 8.27. The number of aromatic nitrogens is 3. The zero-order valence-electron chi connectivity index (χ0n) is 12.5. The Morgan fingerprint density at radius 2 is 2.14 bits per heavy atom. The molecule has 0 radical (unpaired) electrons. The van der Waals surface area contributed by atoms with Crippen LogP contribution in [0.25, 0.3) is 11.7 Å². The third kappa shape index (κ3) is 2.11. The summed E-state index contributed by atoms with van der Waals surface area (Å²) in [6.45, 7) is 4.05. The lowest BCUT2D eigenvalue weighted by atomic mass is 9.93. The summed E-state index contributed by atoms with van der Waals surface area (Å²) in [6, 6.07) is 1.70. The van der Waals surface area contributed by atoms with E-state index in [1.165, 1.54) is 0 Å². The molecule has 2 atom stereocenters. The van der Waals surface area contributed by atoms with E-state index < -0.39 is 0 Å². The highest BCUT2D eigenvalue weighted by Gasteiger charge is 2.28. The van der Waals surface area contributed by atoms with E-state index in [0.717, 1.165) is 48.5 Å². The van der Waals surface area contributed by atoms with E-state index in [1.807, 2.05) is 16.7 Å². The highest BCUT2D eigenvalue weighted by molar-refractivity contribution is 6.23. The molecule has 0 amide bonds. The molecule has 22 heavy (non-hydrogen) atoms. The number of rotatable bonds is 1. The van der Waals surface area contributed by atoms with Crippen LogP contribution in [0.1, 0.15) is 48.6 Å². The normalized spacial score (nSPS) is 25.5. The lowest BCUT2D eigenvalue weighted by Crippen LogP contribution is -2.28. The third-order valence-corrected chi connectivity index (χ3v) is 5.35. The molecule has 2 unspecified atom stereocenters. The van der Waals surface area contributed by atoms with Gasteiger partial charge in [-0.15, -0.1) is 11.6 Å². The van der Waals surface area contributed by atoms with Crippen molar-refractivity contribution in [2.45, 2.75) is 37.0 Å². The van der Waals surface area contributed by atoms with Gasteiger partial charge in [-0.3, -0.25) is 4.79 Å². The molecule has 5 nitrogen and oxygen atoms in total.